The van der Waals surface area contributed by atoms with Crippen LogP contribution in [0.2, 0.25) is 0 Å². The first-order chi connectivity index (χ1) is 19.3. The monoisotopic (exact) mass is 542 g/mol. The van der Waals surface area contributed by atoms with E-state index in [9.17, 15) is 14.4 Å². The second-order valence-electron chi connectivity index (χ2n) is 9.68. The van der Waals surface area contributed by atoms with Crippen LogP contribution >= 0.6 is 0 Å². The van der Waals surface area contributed by atoms with Crippen LogP contribution in [-0.2, 0) is 16.1 Å². The van der Waals surface area contributed by atoms with Crippen LogP contribution in [0.1, 0.15) is 41.5 Å². The Kier molecular flexibility index (Phi) is 8.89. The topological polar surface area (TPSA) is 95.9 Å². The Morgan fingerprint density at radius 2 is 1.50 bits per heavy atom. The number of hydrogen-bond acceptors (Lipinski definition) is 6. The maximum Gasteiger partial charge on any atom is 0.329 e. The number of ether oxygens (including phenoxy) is 3. The van der Waals surface area contributed by atoms with E-state index in [0.717, 1.165) is 22.2 Å². The number of hydrogen-bond donors (Lipinski definition) is 1. The van der Waals surface area contributed by atoms with Crippen molar-refractivity contribution in [2.24, 2.45) is 5.92 Å². The lowest BCUT2D eigenvalue weighted by atomic mass is 10.0. The number of ketones is 1. The number of Topliss-reactive ketones (excluding diaryl/α,β-unsaturated/α-hetero) is 1. The van der Waals surface area contributed by atoms with Crippen LogP contribution in [0.5, 0.6) is 11.5 Å². The van der Waals surface area contributed by atoms with Crippen molar-refractivity contribution in [1.82, 2.24) is 9.88 Å². The number of amides is 1. The highest BCUT2D eigenvalue weighted by Crippen LogP contribution is 2.34. The smallest absolute Gasteiger partial charge is 0.329 e. The Hall–Kier alpha value is -4.59. The van der Waals surface area contributed by atoms with E-state index in [1.165, 1.54) is 14.2 Å². The first-order valence-corrected chi connectivity index (χ1v) is 13.2. The number of nitrogens with one attached hydrogen (secondary N) is 1. The Balaban J connectivity index is 1.57. The summed E-state index contributed by atoms with van der Waals surface area (Å²) in [6.45, 7) is 5.82. The summed E-state index contributed by atoms with van der Waals surface area (Å²) in [5.74, 6) is -0.898. The van der Waals surface area contributed by atoms with Crippen LogP contribution in [0, 0.1) is 5.92 Å². The van der Waals surface area contributed by atoms with Gasteiger partial charge in [-0.1, -0.05) is 62.4 Å². The zero-order chi connectivity index (χ0) is 28.8. The molecule has 1 unspecified atom stereocenters. The van der Waals surface area contributed by atoms with Crippen LogP contribution < -0.4 is 14.8 Å². The van der Waals surface area contributed by atoms with Crippen molar-refractivity contribution in [2.75, 3.05) is 20.8 Å². The minimum Gasteiger partial charge on any atom is -0.497 e. The van der Waals surface area contributed by atoms with Gasteiger partial charge in [-0.05, 0) is 36.6 Å². The van der Waals surface area contributed by atoms with Crippen molar-refractivity contribution in [2.45, 2.75) is 33.4 Å². The van der Waals surface area contributed by atoms with E-state index >= 15 is 0 Å². The number of fused-ring (bicyclic) bond motifs is 1. The summed E-state index contributed by atoms with van der Waals surface area (Å²) in [6.07, 6.45) is 0. The van der Waals surface area contributed by atoms with Crippen molar-refractivity contribution in [3.8, 4) is 22.8 Å². The van der Waals surface area contributed by atoms with Gasteiger partial charge in [-0.15, -0.1) is 0 Å². The number of rotatable bonds is 11. The highest BCUT2D eigenvalue weighted by molar-refractivity contribution is 6.14. The molecule has 0 saturated carbocycles. The van der Waals surface area contributed by atoms with Gasteiger partial charge in [-0.3, -0.25) is 9.59 Å². The van der Waals surface area contributed by atoms with E-state index in [0.29, 0.717) is 23.6 Å². The largest absolute Gasteiger partial charge is 0.497 e. The summed E-state index contributed by atoms with van der Waals surface area (Å²) in [5.41, 5.74) is 3.39. The molecular formula is C32H34N2O6. The van der Waals surface area contributed by atoms with Crippen molar-refractivity contribution in [1.29, 1.82) is 0 Å². The number of aryl methyl sites for hydroxylation is 1. The fraction of sp³-hybridized carbons (Fsp3) is 0.281. The molecular weight excluding hydrogens is 508 g/mol. The van der Waals surface area contributed by atoms with Gasteiger partial charge < -0.3 is 24.1 Å². The lowest BCUT2D eigenvalue weighted by Crippen LogP contribution is -2.45. The molecule has 3 aromatic carbocycles. The maximum absolute atomic E-state index is 13.7. The van der Waals surface area contributed by atoms with Gasteiger partial charge in [0.1, 0.15) is 17.5 Å². The standard InChI is InChI=1S/C32H34N2O6/c1-6-34-26-15-11-10-14-25(26)28(30(34)21-12-8-7-9-13-21)27(35)19-40-32(37)29(20(2)3)33-31(36)22-16-23(38-4)18-24(17-22)39-5/h7-18,20,29H,6,19H2,1-5H3,(H,33,36). The molecule has 1 heterocycles. The van der Waals surface area contributed by atoms with Gasteiger partial charge in [0.05, 0.1) is 25.5 Å². The van der Waals surface area contributed by atoms with Crippen molar-refractivity contribution in [3.05, 3.63) is 83.9 Å². The predicted molar refractivity (Wildman–Crippen MR) is 154 cm³/mol. The summed E-state index contributed by atoms with van der Waals surface area (Å²) in [4.78, 5) is 39.9. The third-order valence-electron chi connectivity index (χ3n) is 6.78. The lowest BCUT2D eigenvalue weighted by Gasteiger charge is -2.21. The number of carbonyl (C=O) groups is 3. The SMILES string of the molecule is CCn1c(-c2ccccc2)c(C(=O)COC(=O)C(NC(=O)c2cc(OC)cc(OC)c2)C(C)C)c2ccccc21. The molecule has 0 spiro atoms. The zero-order valence-corrected chi connectivity index (χ0v) is 23.4. The number of para-hydroxylation sites is 1. The molecule has 0 aliphatic rings. The predicted octanol–water partition coefficient (Wildman–Crippen LogP) is 5.53. The first-order valence-electron chi connectivity index (χ1n) is 13.2. The molecule has 4 aromatic rings. The molecule has 0 aliphatic carbocycles. The summed E-state index contributed by atoms with van der Waals surface area (Å²) in [7, 11) is 2.98. The third-order valence-corrected chi connectivity index (χ3v) is 6.78. The minimum absolute atomic E-state index is 0.269. The number of methoxy groups -OCH3 is 2. The van der Waals surface area contributed by atoms with Gasteiger partial charge in [0.2, 0.25) is 5.78 Å². The Bertz CT molecular complexity index is 1500. The van der Waals surface area contributed by atoms with E-state index in [1.54, 1.807) is 32.0 Å². The summed E-state index contributed by atoms with van der Waals surface area (Å²) in [5, 5.41) is 3.53. The molecule has 208 valence electrons. The fourth-order valence-corrected chi connectivity index (χ4v) is 4.77. The van der Waals surface area contributed by atoms with Crippen LogP contribution in [-0.4, -0.2) is 49.1 Å². The number of aromatic nitrogens is 1. The van der Waals surface area contributed by atoms with Gasteiger partial charge in [0, 0.05) is 29.1 Å². The van der Waals surface area contributed by atoms with Crippen molar-refractivity contribution < 1.29 is 28.6 Å². The van der Waals surface area contributed by atoms with Crippen molar-refractivity contribution in [3.63, 3.8) is 0 Å². The van der Waals surface area contributed by atoms with Gasteiger partial charge in [0.25, 0.3) is 5.91 Å². The maximum atomic E-state index is 13.7. The molecule has 1 amide bonds. The fourth-order valence-electron chi connectivity index (χ4n) is 4.77. The summed E-state index contributed by atoms with van der Waals surface area (Å²) < 4.78 is 18.1. The molecule has 1 aromatic heterocycles. The Morgan fingerprint density at radius 1 is 0.875 bits per heavy atom. The summed E-state index contributed by atoms with van der Waals surface area (Å²) in [6, 6.07) is 21.2. The number of nitrogens with zero attached hydrogens (tertiary/aromatic N) is 1. The average Bonchev–Trinajstić information content (AvgIpc) is 3.32. The van der Waals surface area contributed by atoms with Gasteiger partial charge >= 0.3 is 5.97 Å². The molecule has 0 bridgehead atoms. The molecule has 0 saturated heterocycles. The summed E-state index contributed by atoms with van der Waals surface area (Å²) >= 11 is 0. The van der Waals surface area contributed by atoms with Crippen LogP contribution in [0.4, 0.5) is 0 Å². The quantitative estimate of drug-likeness (QED) is 0.198. The third kappa shape index (κ3) is 5.86. The van der Waals surface area contributed by atoms with Gasteiger partial charge in [0.15, 0.2) is 6.61 Å². The molecule has 1 N–H and O–H groups in total. The normalized spacial score (nSPS) is 11.8. The number of benzene rings is 3. The van der Waals surface area contributed by atoms with Gasteiger partial charge in [-0.2, -0.15) is 0 Å². The molecule has 4 rings (SSSR count). The number of carbonyl (C=O) groups excluding carboxylic acids is 3. The molecule has 8 nitrogen and oxygen atoms in total. The van der Waals surface area contributed by atoms with E-state index in [1.807, 2.05) is 61.5 Å². The average molecular weight is 543 g/mol. The van der Waals surface area contributed by atoms with E-state index < -0.39 is 24.5 Å². The van der Waals surface area contributed by atoms with E-state index in [4.69, 9.17) is 14.2 Å². The second kappa shape index (κ2) is 12.5. The second-order valence-corrected chi connectivity index (χ2v) is 9.68. The van der Waals surface area contributed by atoms with Crippen LogP contribution in [0.3, 0.4) is 0 Å². The lowest BCUT2D eigenvalue weighted by molar-refractivity contribution is -0.145. The number of esters is 1. The highest BCUT2D eigenvalue weighted by atomic mass is 16.5. The molecule has 1 atom stereocenters. The minimum atomic E-state index is -0.969. The molecule has 0 fully saturated rings. The molecule has 0 aliphatic heterocycles. The zero-order valence-electron chi connectivity index (χ0n) is 23.4. The Labute approximate surface area is 233 Å². The molecule has 8 heteroatoms. The van der Waals surface area contributed by atoms with Crippen LogP contribution in [0.25, 0.3) is 22.2 Å². The molecule has 40 heavy (non-hydrogen) atoms. The van der Waals surface area contributed by atoms with E-state index in [-0.39, 0.29) is 17.3 Å². The van der Waals surface area contributed by atoms with Gasteiger partial charge in [-0.25, -0.2) is 4.79 Å². The highest BCUT2D eigenvalue weighted by Gasteiger charge is 2.29. The first kappa shape index (κ1) is 28.4. The van der Waals surface area contributed by atoms with Crippen molar-refractivity contribution >= 4 is 28.6 Å². The molecule has 0 radical (unpaired) electrons. The van der Waals surface area contributed by atoms with E-state index in [2.05, 4.69) is 9.88 Å². The van der Waals surface area contributed by atoms with Crippen LogP contribution in [0.15, 0.2) is 72.8 Å². The Morgan fingerprint density at radius 3 is 2.10 bits per heavy atom.